The van der Waals surface area contributed by atoms with Crippen molar-refractivity contribution in [3.8, 4) is 17.2 Å². The third kappa shape index (κ3) is 3.95. The first-order valence-electron chi connectivity index (χ1n) is 9.50. The molecule has 30 heavy (non-hydrogen) atoms. The fraction of sp³-hybridized carbons (Fsp3) is 0.238. The van der Waals surface area contributed by atoms with E-state index < -0.39 is 0 Å². The molecule has 9 heteroatoms. The highest BCUT2D eigenvalue weighted by atomic mass is 16.5. The van der Waals surface area contributed by atoms with Crippen LogP contribution in [-0.2, 0) is 11.3 Å². The van der Waals surface area contributed by atoms with Crippen LogP contribution in [0.2, 0.25) is 0 Å². The topological polar surface area (TPSA) is 96.1 Å². The van der Waals surface area contributed by atoms with E-state index in [0.717, 1.165) is 22.3 Å². The number of hydrogen-bond donors (Lipinski definition) is 1. The summed E-state index contributed by atoms with van der Waals surface area (Å²) in [6.45, 7) is 3.94. The van der Waals surface area contributed by atoms with Gasteiger partial charge in [-0.25, -0.2) is 14.3 Å². The Morgan fingerprint density at radius 2 is 1.97 bits per heavy atom. The van der Waals surface area contributed by atoms with Crippen LogP contribution in [0.15, 0.2) is 55.1 Å². The molecule has 2 aromatic carbocycles. The van der Waals surface area contributed by atoms with E-state index in [-0.39, 0.29) is 18.6 Å². The minimum Gasteiger partial charge on any atom is -0.497 e. The maximum absolute atomic E-state index is 12.6. The summed E-state index contributed by atoms with van der Waals surface area (Å²) < 4.78 is 14.5. The van der Waals surface area contributed by atoms with Crippen molar-refractivity contribution in [3.05, 3.63) is 55.1 Å². The fourth-order valence-corrected chi connectivity index (χ4v) is 3.13. The van der Waals surface area contributed by atoms with Crippen LogP contribution in [0.3, 0.4) is 0 Å². The number of methoxy groups -OCH3 is 1. The molecule has 4 aromatic rings. The number of fused-ring (bicyclic) bond motifs is 1. The molecule has 0 spiro atoms. The van der Waals surface area contributed by atoms with Gasteiger partial charge in [-0.3, -0.25) is 4.79 Å². The number of hydrogen-bond acceptors (Lipinski definition) is 6. The van der Waals surface area contributed by atoms with E-state index in [1.54, 1.807) is 11.8 Å². The Balaban J connectivity index is 1.77. The molecule has 0 radical (unpaired) electrons. The Labute approximate surface area is 173 Å². The molecule has 0 fully saturated rings. The lowest BCUT2D eigenvalue weighted by Crippen LogP contribution is -2.19. The summed E-state index contributed by atoms with van der Waals surface area (Å²) >= 11 is 0. The summed E-state index contributed by atoms with van der Waals surface area (Å²) in [7, 11) is 1.62. The van der Waals surface area contributed by atoms with Gasteiger partial charge in [-0.1, -0.05) is 6.07 Å². The normalized spacial score (nSPS) is 11.1. The van der Waals surface area contributed by atoms with Crippen molar-refractivity contribution in [2.75, 3.05) is 12.4 Å². The minimum absolute atomic E-state index is 0.0290. The molecule has 1 N–H and O–H groups in total. The van der Waals surface area contributed by atoms with Gasteiger partial charge in [-0.05, 0) is 50.2 Å². The molecule has 2 heterocycles. The number of benzene rings is 2. The first kappa shape index (κ1) is 19.4. The standard InChI is InChI=1S/C21H22N6O3/c1-14(2)30-18-6-4-5-17-20(18)21(24-19(28)11-26-13-22-12-23-26)25-27(17)15-7-9-16(29-3)10-8-15/h4-10,12-14H,11H2,1-3H3,(H,24,25,28). The van der Waals surface area contributed by atoms with Crippen LogP contribution in [0.5, 0.6) is 11.5 Å². The Kier molecular flexibility index (Phi) is 5.34. The van der Waals surface area contributed by atoms with E-state index in [4.69, 9.17) is 9.47 Å². The zero-order chi connectivity index (χ0) is 21.1. The highest BCUT2D eigenvalue weighted by Crippen LogP contribution is 2.34. The number of aromatic nitrogens is 5. The summed E-state index contributed by atoms with van der Waals surface area (Å²) in [6, 6.07) is 13.2. The molecule has 9 nitrogen and oxygen atoms in total. The number of amides is 1. The van der Waals surface area contributed by atoms with Gasteiger partial charge in [0.15, 0.2) is 5.82 Å². The Morgan fingerprint density at radius 1 is 1.17 bits per heavy atom. The van der Waals surface area contributed by atoms with Gasteiger partial charge in [0.25, 0.3) is 0 Å². The van der Waals surface area contributed by atoms with E-state index in [1.807, 2.05) is 56.3 Å². The maximum atomic E-state index is 12.6. The number of carbonyl (C=O) groups excluding carboxylic acids is 1. The lowest BCUT2D eigenvalue weighted by atomic mass is 10.2. The van der Waals surface area contributed by atoms with Crippen LogP contribution in [0.4, 0.5) is 5.82 Å². The lowest BCUT2D eigenvalue weighted by Gasteiger charge is -2.12. The monoisotopic (exact) mass is 406 g/mol. The van der Waals surface area contributed by atoms with Crippen LogP contribution in [-0.4, -0.2) is 43.7 Å². The summed E-state index contributed by atoms with van der Waals surface area (Å²) in [5.41, 5.74) is 1.65. The van der Waals surface area contributed by atoms with Crippen LogP contribution < -0.4 is 14.8 Å². The molecule has 4 rings (SSSR count). The Bertz CT molecular complexity index is 1150. The second-order valence-electron chi connectivity index (χ2n) is 6.92. The number of carbonyl (C=O) groups is 1. The molecule has 0 aliphatic heterocycles. The molecule has 0 aliphatic carbocycles. The van der Waals surface area contributed by atoms with Crippen molar-refractivity contribution in [2.24, 2.45) is 0 Å². The molecule has 1 amide bonds. The summed E-state index contributed by atoms with van der Waals surface area (Å²) in [6.07, 6.45) is 2.84. The number of nitrogens with one attached hydrogen (secondary N) is 1. The van der Waals surface area contributed by atoms with Gasteiger partial charge >= 0.3 is 0 Å². The zero-order valence-electron chi connectivity index (χ0n) is 16.9. The molecular weight excluding hydrogens is 384 g/mol. The van der Waals surface area contributed by atoms with Crippen molar-refractivity contribution >= 4 is 22.6 Å². The SMILES string of the molecule is COc1ccc(-n2nc(NC(=O)Cn3cncn3)c3c(OC(C)C)cccc32)cc1. The predicted octanol–water partition coefficient (Wildman–Crippen LogP) is 3.05. The molecule has 2 aromatic heterocycles. The van der Waals surface area contributed by atoms with Gasteiger partial charge in [-0.15, -0.1) is 5.10 Å². The summed E-state index contributed by atoms with van der Waals surface area (Å²) in [4.78, 5) is 16.4. The molecule has 0 bridgehead atoms. The second-order valence-corrected chi connectivity index (χ2v) is 6.92. The Morgan fingerprint density at radius 3 is 2.63 bits per heavy atom. The van der Waals surface area contributed by atoms with Crippen LogP contribution in [0, 0.1) is 0 Å². The summed E-state index contributed by atoms with van der Waals surface area (Å²) in [5, 5.41) is 12.3. The van der Waals surface area contributed by atoms with Gasteiger partial charge in [0, 0.05) is 0 Å². The van der Waals surface area contributed by atoms with Gasteiger partial charge in [-0.2, -0.15) is 5.10 Å². The first-order chi connectivity index (χ1) is 14.5. The van der Waals surface area contributed by atoms with Gasteiger partial charge < -0.3 is 14.8 Å². The number of nitrogens with zero attached hydrogens (tertiary/aromatic N) is 5. The average Bonchev–Trinajstić information content (AvgIpc) is 3.36. The molecule has 0 saturated carbocycles. The first-order valence-corrected chi connectivity index (χ1v) is 9.50. The number of ether oxygens (including phenoxy) is 2. The van der Waals surface area contributed by atoms with Crippen molar-refractivity contribution < 1.29 is 14.3 Å². The molecule has 0 saturated heterocycles. The van der Waals surface area contributed by atoms with Gasteiger partial charge in [0.2, 0.25) is 5.91 Å². The maximum Gasteiger partial charge on any atom is 0.247 e. The van der Waals surface area contributed by atoms with E-state index >= 15 is 0 Å². The fourth-order valence-electron chi connectivity index (χ4n) is 3.13. The highest BCUT2D eigenvalue weighted by Gasteiger charge is 2.19. The molecular formula is C21H22N6O3. The Hall–Kier alpha value is -3.88. The molecule has 154 valence electrons. The summed E-state index contributed by atoms with van der Waals surface area (Å²) in [5.74, 6) is 1.56. The second kappa shape index (κ2) is 8.24. The minimum atomic E-state index is -0.263. The van der Waals surface area contributed by atoms with E-state index in [0.29, 0.717) is 11.6 Å². The van der Waals surface area contributed by atoms with Crippen LogP contribution >= 0.6 is 0 Å². The van der Waals surface area contributed by atoms with Gasteiger partial charge in [0.1, 0.15) is 30.7 Å². The van der Waals surface area contributed by atoms with Crippen molar-refractivity contribution in [3.63, 3.8) is 0 Å². The van der Waals surface area contributed by atoms with Crippen molar-refractivity contribution in [1.82, 2.24) is 24.5 Å². The number of rotatable bonds is 7. The smallest absolute Gasteiger partial charge is 0.247 e. The zero-order valence-corrected chi connectivity index (χ0v) is 16.9. The van der Waals surface area contributed by atoms with Gasteiger partial charge in [0.05, 0.1) is 29.8 Å². The lowest BCUT2D eigenvalue weighted by molar-refractivity contribution is -0.116. The average molecular weight is 406 g/mol. The predicted molar refractivity (Wildman–Crippen MR) is 112 cm³/mol. The van der Waals surface area contributed by atoms with Crippen LogP contribution in [0.25, 0.3) is 16.6 Å². The van der Waals surface area contributed by atoms with Crippen molar-refractivity contribution in [1.29, 1.82) is 0 Å². The highest BCUT2D eigenvalue weighted by molar-refractivity contribution is 6.03. The van der Waals surface area contributed by atoms with E-state index in [2.05, 4.69) is 20.5 Å². The van der Waals surface area contributed by atoms with Crippen molar-refractivity contribution in [2.45, 2.75) is 26.5 Å². The largest absolute Gasteiger partial charge is 0.497 e. The molecule has 0 aliphatic rings. The van der Waals surface area contributed by atoms with Crippen LogP contribution in [0.1, 0.15) is 13.8 Å². The molecule has 0 atom stereocenters. The molecule has 0 unspecified atom stereocenters. The van der Waals surface area contributed by atoms with E-state index in [9.17, 15) is 4.79 Å². The van der Waals surface area contributed by atoms with E-state index in [1.165, 1.54) is 17.3 Å². The third-order valence-electron chi connectivity index (χ3n) is 4.38. The number of anilines is 1. The third-order valence-corrected chi connectivity index (χ3v) is 4.38. The quantitative estimate of drug-likeness (QED) is 0.507.